The second-order valence-electron chi connectivity index (χ2n) is 12.1. The van der Waals surface area contributed by atoms with E-state index in [-0.39, 0.29) is 24.8 Å². The van der Waals surface area contributed by atoms with Crippen molar-refractivity contribution in [1.29, 1.82) is 0 Å². The van der Waals surface area contributed by atoms with Gasteiger partial charge < -0.3 is 24.8 Å². The van der Waals surface area contributed by atoms with Gasteiger partial charge >= 0.3 is 260 Å². The first-order chi connectivity index (χ1) is 20.7. The van der Waals surface area contributed by atoms with E-state index < -0.39 is 28.6 Å². The third-order valence-corrected chi connectivity index (χ3v) is 15.5. The molecule has 1 aliphatic heterocycles. The predicted octanol–water partition coefficient (Wildman–Crippen LogP) is 4.44. The van der Waals surface area contributed by atoms with E-state index >= 15 is 0 Å². The molecule has 9 rings (SSSR count). The molecule has 0 saturated heterocycles. The Morgan fingerprint density at radius 1 is 0.455 bits per heavy atom. The van der Waals surface area contributed by atoms with E-state index in [4.69, 9.17) is 0 Å². The van der Waals surface area contributed by atoms with Crippen LogP contribution in [0, 0.1) is 0 Å². The maximum absolute atomic E-state index is 2.49. The standard InChI is InChI=1S/C41H30.2ClH.Zr/c1-27-25-31-23-21-29-13-9-11-19-35(29)37(31)39(27)41(33-15-5-3-6-16-33,34-17-7-4-8-18-34)40-28(2)26-32-24-22-30-14-10-12-20-36(30)38(32)40;;;/h3-26H,1-2H3;2*1H;/q;;;+2/p-2. The molecular formula is C41H30Cl2Zr. The first-order valence-electron chi connectivity index (χ1n) is 15.0. The van der Waals surface area contributed by atoms with Gasteiger partial charge in [0.25, 0.3) is 0 Å². The Kier molecular flexibility index (Phi) is 7.37. The molecule has 3 heteroatoms. The second kappa shape index (κ2) is 11.0. The van der Waals surface area contributed by atoms with Gasteiger partial charge in [-0.15, -0.1) is 0 Å². The Balaban J connectivity index is 0.00000156. The summed E-state index contributed by atoms with van der Waals surface area (Å²) in [6.45, 7) is 4.97. The van der Waals surface area contributed by atoms with Gasteiger partial charge in [-0.25, -0.2) is 0 Å². The van der Waals surface area contributed by atoms with E-state index in [0.717, 1.165) is 0 Å². The minimum absolute atomic E-state index is 0. The molecule has 2 atom stereocenters. The Hall–Kier alpha value is -3.22. The van der Waals surface area contributed by atoms with Gasteiger partial charge in [-0.3, -0.25) is 0 Å². The third-order valence-electron chi connectivity index (χ3n) is 10.2. The average Bonchev–Trinajstić information content (AvgIpc) is 3.52. The molecular weight excluding hydrogens is 655 g/mol. The minimum atomic E-state index is -0.991. The molecule has 0 aromatic heterocycles. The number of allylic oxidation sites excluding steroid dienone is 4. The van der Waals surface area contributed by atoms with E-state index in [9.17, 15) is 0 Å². The molecule has 0 spiro atoms. The number of fused-ring (bicyclic) bond motifs is 12. The normalized spacial score (nSPS) is 18.8. The van der Waals surface area contributed by atoms with Crippen molar-refractivity contribution >= 4 is 32.7 Å². The van der Waals surface area contributed by atoms with Crippen LogP contribution in [0.3, 0.4) is 0 Å². The van der Waals surface area contributed by atoms with Gasteiger partial charge in [0.1, 0.15) is 0 Å². The van der Waals surface area contributed by atoms with Crippen molar-refractivity contribution in [2.75, 3.05) is 0 Å². The topological polar surface area (TPSA) is 0 Å². The van der Waals surface area contributed by atoms with E-state index in [2.05, 4.69) is 147 Å². The van der Waals surface area contributed by atoms with E-state index in [0.29, 0.717) is 7.25 Å². The predicted molar refractivity (Wildman–Crippen MR) is 172 cm³/mol. The van der Waals surface area contributed by atoms with Crippen LogP contribution in [0.2, 0.25) is 0 Å². The molecule has 4 bridgehead atoms. The third kappa shape index (κ3) is 3.80. The monoisotopic (exact) mass is 682 g/mol. The number of halogens is 2. The molecule has 0 N–H and O–H groups in total. The molecule has 1 heterocycles. The van der Waals surface area contributed by atoms with Gasteiger partial charge in [0.05, 0.1) is 0 Å². The van der Waals surface area contributed by atoms with Crippen molar-refractivity contribution in [1.82, 2.24) is 0 Å². The quantitative estimate of drug-likeness (QED) is 0.253. The van der Waals surface area contributed by atoms with Gasteiger partial charge in [0, 0.05) is 0 Å². The minimum Gasteiger partial charge on any atom is -1.00 e. The summed E-state index contributed by atoms with van der Waals surface area (Å²) in [5, 5.41) is 5.47. The summed E-state index contributed by atoms with van der Waals surface area (Å²) in [6.07, 6.45) is 0. The van der Waals surface area contributed by atoms with Crippen LogP contribution >= 0.6 is 0 Å². The van der Waals surface area contributed by atoms with Crippen LogP contribution in [0.5, 0.6) is 0 Å². The van der Waals surface area contributed by atoms with Gasteiger partial charge in [-0.2, -0.15) is 0 Å². The van der Waals surface area contributed by atoms with Crippen LogP contribution in [0.25, 0.3) is 32.7 Å². The molecule has 0 amide bonds. The zero-order valence-corrected chi connectivity index (χ0v) is 28.6. The van der Waals surface area contributed by atoms with Gasteiger partial charge in [-0.1, -0.05) is 0 Å². The van der Waals surface area contributed by atoms with Crippen LogP contribution < -0.4 is 24.8 Å². The maximum atomic E-state index is 2.49. The average molecular weight is 685 g/mol. The summed E-state index contributed by atoms with van der Waals surface area (Å²) in [5.41, 5.74) is 14.7. The molecule has 0 saturated carbocycles. The maximum Gasteiger partial charge on any atom is -1.00 e. The fourth-order valence-corrected chi connectivity index (χ4v) is 13.4. The van der Waals surface area contributed by atoms with Gasteiger partial charge in [-0.05, 0) is 0 Å². The number of rotatable bonds is 2. The summed E-state index contributed by atoms with van der Waals surface area (Å²) in [6, 6.07) is 50.8. The zero-order chi connectivity index (χ0) is 28.0. The summed E-state index contributed by atoms with van der Waals surface area (Å²) < 4.78 is 1.10. The van der Waals surface area contributed by atoms with Crippen LogP contribution in [-0.2, 0) is 28.6 Å². The molecule has 0 nitrogen and oxygen atoms in total. The van der Waals surface area contributed by atoms with Gasteiger partial charge in [0.15, 0.2) is 0 Å². The molecule has 0 fully saturated rings. The number of hydrogen-bond donors (Lipinski definition) is 0. The molecule has 0 radical (unpaired) electrons. The van der Waals surface area contributed by atoms with Crippen LogP contribution in [0.1, 0.15) is 54.5 Å². The summed E-state index contributed by atoms with van der Waals surface area (Å²) in [7, 11) is 0. The first-order valence-corrected chi connectivity index (χ1v) is 17.9. The first kappa shape index (κ1) is 29.5. The number of benzene rings is 6. The Labute approximate surface area is 283 Å². The van der Waals surface area contributed by atoms with E-state index in [1.807, 2.05) is 0 Å². The van der Waals surface area contributed by atoms with Crippen molar-refractivity contribution in [2.24, 2.45) is 0 Å². The molecule has 212 valence electrons. The van der Waals surface area contributed by atoms with Crippen molar-refractivity contribution in [3.63, 3.8) is 0 Å². The van der Waals surface area contributed by atoms with E-state index in [1.54, 1.807) is 22.3 Å². The SMILES string of the molecule is CC1=C2c3c(ccc4ccccc34)[CH]1[Zr+2][CH]1C(C)=C(c3c1ccc1ccccc31)C2(c1ccccc1)c1ccccc1.[Cl-].[Cl-]. The van der Waals surface area contributed by atoms with Crippen molar-refractivity contribution in [3.05, 3.63) is 178 Å². The zero-order valence-electron chi connectivity index (χ0n) is 24.6. The van der Waals surface area contributed by atoms with Gasteiger partial charge in [0.2, 0.25) is 0 Å². The summed E-state index contributed by atoms with van der Waals surface area (Å²) in [5.74, 6) is 0. The second-order valence-corrected chi connectivity index (χ2v) is 15.8. The molecule has 3 aliphatic rings. The largest absolute Gasteiger partial charge is 1.00 e. The van der Waals surface area contributed by atoms with Crippen molar-refractivity contribution < 1.29 is 48.0 Å². The van der Waals surface area contributed by atoms with Crippen LogP contribution in [-0.4, -0.2) is 0 Å². The molecule has 6 aromatic carbocycles. The summed E-state index contributed by atoms with van der Waals surface area (Å²) in [4.78, 5) is 0. The smallest absolute Gasteiger partial charge is 1.00 e. The molecule has 44 heavy (non-hydrogen) atoms. The number of hydrogen-bond acceptors (Lipinski definition) is 0. The van der Waals surface area contributed by atoms with Crippen LogP contribution in [0.4, 0.5) is 0 Å². The molecule has 2 unspecified atom stereocenters. The summed E-state index contributed by atoms with van der Waals surface area (Å²) >= 11 is -0.991. The van der Waals surface area contributed by atoms with E-state index in [1.165, 1.54) is 54.9 Å². The Bertz CT molecular complexity index is 1990. The molecule has 2 aliphatic carbocycles. The molecule has 6 aromatic rings. The fraction of sp³-hybridized carbons (Fsp3) is 0.122. The van der Waals surface area contributed by atoms with Crippen molar-refractivity contribution in [3.8, 4) is 0 Å². The Morgan fingerprint density at radius 3 is 1.27 bits per heavy atom. The fourth-order valence-electron chi connectivity index (χ4n) is 8.57. The van der Waals surface area contributed by atoms with Crippen LogP contribution in [0.15, 0.2) is 145 Å². The Morgan fingerprint density at radius 2 is 0.841 bits per heavy atom. The van der Waals surface area contributed by atoms with Crippen molar-refractivity contribution in [2.45, 2.75) is 26.5 Å².